The zero-order valence-electron chi connectivity index (χ0n) is 15.1. The van der Waals surface area contributed by atoms with Gasteiger partial charge in [0, 0.05) is 0 Å². The maximum atomic E-state index is 11.8. The molecule has 5 atom stereocenters. The Labute approximate surface area is 175 Å². The van der Waals surface area contributed by atoms with Gasteiger partial charge in [0.25, 0.3) is 29.0 Å². The van der Waals surface area contributed by atoms with Gasteiger partial charge in [0.2, 0.25) is 5.95 Å². The van der Waals surface area contributed by atoms with Crippen LogP contribution in [-0.2, 0) is 41.2 Å². The number of carbonyl (C=O) groups is 2. The molecule has 22 heteroatoms. The fraction of sp³-hybridized carbons (Fsp3) is 0.300. The average Bonchev–Trinajstić information content (AvgIpc) is 3.03. The van der Waals surface area contributed by atoms with Crippen LogP contribution >= 0.6 is 23.5 Å². The average molecular weight is 518 g/mol. The standard InChI is InChI=1S/C10H14N5O14P3/c11-10-13-8-7(9(18)14-10)12-4-15(8)6(2-17)27-5(1-16)3-26-31(22,23)29-32(24,25)28-30(19,20)21/h1-2,4-6H,3H2,(H,22,23)(H,24,25)(H2,19,20,21)(H3,11,13,14,18)/p-3/t5-,6-/m1/s1. The fourth-order valence-corrected chi connectivity index (χ4v) is 4.93. The number of aldehydes is 2. The molecule has 0 radical (unpaired) electrons. The summed E-state index contributed by atoms with van der Waals surface area (Å²) in [5.41, 5.74) is 4.16. The van der Waals surface area contributed by atoms with Gasteiger partial charge in [0.1, 0.15) is 6.10 Å². The summed E-state index contributed by atoms with van der Waals surface area (Å²) >= 11 is 0. The molecule has 0 aliphatic carbocycles. The van der Waals surface area contributed by atoms with Crippen molar-refractivity contribution in [2.24, 2.45) is 0 Å². The van der Waals surface area contributed by atoms with Crippen molar-refractivity contribution >= 4 is 53.2 Å². The SMILES string of the molecule is Nc1nc2c(ncn2[C@@H](C=O)O[C@H](C=O)COP(=O)([O-])OP(=O)([O-])OP(=O)([O-])O)c(=O)[nH]1. The van der Waals surface area contributed by atoms with Crippen LogP contribution < -0.4 is 26.0 Å². The number of hydrogen-bond acceptors (Lipinski definition) is 16. The van der Waals surface area contributed by atoms with E-state index in [1.807, 2.05) is 0 Å². The first-order valence-corrected chi connectivity index (χ1v) is 12.1. The maximum absolute atomic E-state index is 11.8. The lowest BCUT2D eigenvalue weighted by Gasteiger charge is -2.32. The zero-order valence-corrected chi connectivity index (χ0v) is 17.8. The largest absolute Gasteiger partial charge is 0.756 e. The van der Waals surface area contributed by atoms with E-state index in [1.165, 1.54) is 0 Å². The predicted octanol–water partition coefficient (Wildman–Crippen LogP) is -3.57. The monoisotopic (exact) mass is 518 g/mol. The van der Waals surface area contributed by atoms with Crippen molar-refractivity contribution in [3.05, 3.63) is 16.7 Å². The van der Waals surface area contributed by atoms with Gasteiger partial charge in [0.05, 0.1) is 12.9 Å². The Kier molecular flexibility index (Phi) is 7.98. The number of aromatic nitrogens is 4. The molecule has 32 heavy (non-hydrogen) atoms. The number of rotatable bonds is 12. The van der Waals surface area contributed by atoms with Crippen LogP contribution in [0.5, 0.6) is 0 Å². The number of nitrogens with one attached hydrogen (secondary N) is 1. The summed E-state index contributed by atoms with van der Waals surface area (Å²) in [7, 11) is -17.9. The molecular weight excluding hydrogens is 507 g/mol. The number of anilines is 1. The molecule has 0 aliphatic heterocycles. The molecule has 0 spiro atoms. The molecule has 2 aromatic rings. The van der Waals surface area contributed by atoms with Crippen LogP contribution in [-0.4, -0.2) is 49.7 Å². The van der Waals surface area contributed by atoms with Crippen molar-refractivity contribution in [2.45, 2.75) is 12.3 Å². The molecule has 0 aliphatic rings. The summed E-state index contributed by atoms with van der Waals surface area (Å²) < 4.78 is 49.5. The summed E-state index contributed by atoms with van der Waals surface area (Å²) in [6.45, 7) is -1.26. The number of hydrogen-bond donors (Lipinski definition) is 3. The van der Waals surface area contributed by atoms with Crippen LogP contribution in [0.25, 0.3) is 11.2 Å². The van der Waals surface area contributed by atoms with E-state index >= 15 is 0 Å². The summed E-state index contributed by atoms with van der Waals surface area (Å²) in [5, 5.41) is 0. The zero-order chi connectivity index (χ0) is 24.3. The van der Waals surface area contributed by atoms with E-state index in [9.17, 15) is 42.8 Å². The molecule has 0 saturated carbocycles. The third kappa shape index (κ3) is 7.19. The number of phosphoric acid groups is 3. The van der Waals surface area contributed by atoms with Crippen LogP contribution in [0.1, 0.15) is 6.23 Å². The lowest BCUT2D eigenvalue weighted by molar-refractivity contribution is -0.249. The lowest BCUT2D eigenvalue weighted by atomic mass is 10.4. The molecule has 3 unspecified atom stereocenters. The minimum atomic E-state index is -6.14. The first kappa shape index (κ1) is 26.1. The van der Waals surface area contributed by atoms with Crippen LogP contribution in [0.4, 0.5) is 5.95 Å². The van der Waals surface area contributed by atoms with E-state index in [0.29, 0.717) is 0 Å². The third-order valence-electron chi connectivity index (χ3n) is 3.11. The minimum absolute atomic E-state index is 0.0446. The number of fused-ring (bicyclic) bond motifs is 1. The number of nitrogens with zero attached hydrogens (tertiary/aromatic N) is 3. The predicted molar refractivity (Wildman–Crippen MR) is 91.8 cm³/mol. The quantitative estimate of drug-likeness (QED) is 0.181. The van der Waals surface area contributed by atoms with Crippen LogP contribution in [0.3, 0.4) is 0 Å². The lowest BCUT2D eigenvalue weighted by Crippen LogP contribution is -2.28. The van der Waals surface area contributed by atoms with Gasteiger partial charge < -0.3 is 39.4 Å². The Morgan fingerprint density at radius 3 is 2.41 bits per heavy atom. The van der Waals surface area contributed by atoms with Crippen molar-refractivity contribution < 1.29 is 60.7 Å². The second kappa shape index (κ2) is 9.78. The van der Waals surface area contributed by atoms with Gasteiger partial charge in [-0.2, -0.15) is 4.98 Å². The molecule has 4 N–H and O–H groups in total. The van der Waals surface area contributed by atoms with E-state index in [4.69, 9.17) is 15.4 Å². The summed E-state index contributed by atoms with van der Waals surface area (Å²) in [4.78, 5) is 85.3. The van der Waals surface area contributed by atoms with E-state index in [0.717, 1.165) is 10.9 Å². The highest BCUT2D eigenvalue weighted by molar-refractivity contribution is 7.65. The number of ether oxygens (including phenoxy) is 1. The van der Waals surface area contributed by atoms with Gasteiger partial charge in [-0.25, -0.2) is 13.6 Å². The number of nitrogen functional groups attached to an aromatic ring is 1. The summed E-state index contributed by atoms with van der Waals surface area (Å²) in [6, 6.07) is 0. The Hall–Kier alpha value is -2.14. The highest BCUT2D eigenvalue weighted by atomic mass is 31.3. The molecule has 0 amide bonds. The second-order valence-corrected chi connectivity index (χ2v) is 9.73. The summed E-state index contributed by atoms with van der Waals surface area (Å²) in [6.07, 6.45) is -2.58. The summed E-state index contributed by atoms with van der Waals surface area (Å²) in [5.74, 6) is -0.344. The van der Waals surface area contributed by atoms with E-state index in [1.54, 1.807) is 0 Å². The molecule has 0 saturated heterocycles. The van der Waals surface area contributed by atoms with E-state index in [2.05, 4.69) is 28.1 Å². The third-order valence-corrected chi connectivity index (χ3v) is 6.80. The molecule has 178 valence electrons. The molecular formula is C10H11N5O14P3-3. The van der Waals surface area contributed by atoms with Crippen LogP contribution in [0.2, 0.25) is 0 Å². The van der Waals surface area contributed by atoms with E-state index < -0.39 is 48.0 Å². The molecule has 0 aromatic carbocycles. The van der Waals surface area contributed by atoms with Gasteiger partial charge in [-0.3, -0.25) is 32.8 Å². The topological polar surface area (TPSA) is 301 Å². The highest BCUT2D eigenvalue weighted by Gasteiger charge is 2.27. The number of H-pyrrole nitrogens is 1. The first-order chi connectivity index (χ1) is 14.7. The van der Waals surface area contributed by atoms with Crippen LogP contribution in [0.15, 0.2) is 11.1 Å². The second-order valence-electron chi connectivity index (χ2n) is 5.43. The Morgan fingerprint density at radius 1 is 1.19 bits per heavy atom. The smallest absolute Gasteiger partial charge is 0.280 e. The Balaban J connectivity index is 2.13. The van der Waals surface area contributed by atoms with Gasteiger partial charge >= 0.3 is 0 Å². The van der Waals surface area contributed by atoms with Crippen molar-refractivity contribution in [1.82, 2.24) is 19.5 Å². The van der Waals surface area contributed by atoms with Crippen LogP contribution in [0, 0.1) is 0 Å². The highest BCUT2D eigenvalue weighted by Crippen LogP contribution is 2.61. The van der Waals surface area contributed by atoms with Crippen molar-refractivity contribution in [1.29, 1.82) is 0 Å². The van der Waals surface area contributed by atoms with Gasteiger partial charge in [-0.05, 0) is 0 Å². The number of nitrogens with two attached hydrogens (primary N) is 1. The maximum Gasteiger partial charge on any atom is 0.280 e. The molecule has 2 aromatic heterocycles. The number of carbonyl (C=O) groups excluding carboxylic acids is 2. The number of imidazole rings is 1. The molecule has 2 rings (SSSR count). The van der Waals surface area contributed by atoms with Gasteiger partial charge in [-0.1, -0.05) is 0 Å². The van der Waals surface area contributed by atoms with Crippen molar-refractivity contribution in [2.75, 3.05) is 12.3 Å². The number of aromatic amines is 1. The van der Waals surface area contributed by atoms with Crippen molar-refractivity contribution in [3.8, 4) is 0 Å². The van der Waals surface area contributed by atoms with Gasteiger partial charge in [-0.15, -0.1) is 0 Å². The fourth-order valence-electron chi connectivity index (χ4n) is 2.03. The first-order valence-electron chi connectivity index (χ1n) is 7.68. The Morgan fingerprint density at radius 2 is 1.84 bits per heavy atom. The molecule has 0 bridgehead atoms. The normalized spacial score (nSPS) is 19.4. The molecule has 2 heterocycles. The van der Waals surface area contributed by atoms with Crippen molar-refractivity contribution in [3.63, 3.8) is 0 Å². The van der Waals surface area contributed by atoms with Gasteiger partial charge in [0.15, 0.2) is 30.0 Å². The van der Waals surface area contributed by atoms with E-state index in [-0.39, 0.29) is 29.7 Å². The molecule has 0 fully saturated rings. The number of phosphoric ester groups is 1. The molecule has 19 nitrogen and oxygen atoms in total. The Bertz CT molecular complexity index is 1200. The minimum Gasteiger partial charge on any atom is -0.756 e.